The summed E-state index contributed by atoms with van der Waals surface area (Å²) in [5, 5.41) is 8.78. The van der Waals surface area contributed by atoms with Crippen LogP contribution in [0.2, 0.25) is 0 Å². The van der Waals surface area contributed by atoms with Crippen LogP contribution in [0.1, 0.15) is 16.8 Å². The summed E-state index contributed by atoms with van der Waals surface area (Å²) in [6.45, 7) is 0. The smallest absolute Gasteiger partial charge is 0.335 e. The van der Waals surface area contributed by atoms with Crippen LogP contribution in [0.25, 0.3) is 0 Å². The van der Waals surface area contributed by atoms with E-state index in [9.17, 15) is 9.59 Å². The highest BCUT2D eigenvalue weighted by molar-refractivity contribution is 6.00. The van der Waals surface area contributed by atoms with Crippen molar-refractivity contribution >= 4 is 11.8 Å². The fourth-order valence-corrected chi connectivity index (χ4v) is 1.79. The Labute approximate surface area is 99.1 Å². The van der Waals surface area contributed by atoms with E-state index in [1.807, 2.05) is 18.2 Å². The van der Waals surface area contributed by atoms with Crippen LogP contribution in [0.4, 0.5) is 0 Å². The minimum absolute atomic E-state index is 0.0301. The molecule has 1 N–H and O–H groups in total. The summed E-state index contributed by atoms with van der Waals surface area (Å²) in [4.78, 5) is 22.7. The standard InChI is InChI=1S/C14H12O3/c15-13(10-4-2-1-3-5-10)11-6-8-12(9-7-11)14(16)17/h1-6,8-9,11H,7H2,(H,16,17). The molecule has 0 saturated carbocycles. The summed E-state index contributed by atoms with van der Waals surface area (Å²) in [5.41, 5.74) is 0.913. The zero-order valence-electron chi connectivity index (χ0n) is 9.17. The monoisotopic (exact) mass is 228 g/mol. The summed E-state index contributed by atoms with van der Waals surface area (Å²) in [7, 11) is 0. The first-order chi connectivity index (χ1) is 8.18. The maximum Gasteiger partial charge on any atom is 0.335 e. The molecule has 2 rings (SSSR count). The van der Waals surface area contributed by atoms with E-state index in [4.69, 9.17) is 5.11 Å². The molecule has 0 spiro atoms. The molecule has 1 aliphatic carbocycles. The van der Waals surface area contributed by atoms with Gasteiger partial charge >= 0.3 is 5.97 Å². The Kier molecular flexibility index (Phi) is 3.19. The van der Waals surface area contributed by atoms with Gasteiger partial charge in [0.1, 0.15) is 0 Å². The number of carbonyl (C=O) groups excluding carboxylic acids is 1. The first-order valence-electron chi connectivity index (χ1n) is 5.39. The lowest BCUT2D eigenvalue weighted by Crippen LogP contribution is -2.15. The van der Waals surface area contributed by atoms with E-state index in [2.05, 4.69) is 0 Å². The molecule has 0 bridgehead atoms. The lowest BCUT2D eigenvalue weighted by atomic mass is 9.90. The van der Waals surface area contributed by atoms with Crippen molar-refractivity contribution < 1.29 is 14.7 Å². The number of carboxylic acids is 1. The quantitative estimate of drug-likeness (QED) is 0.808. The SMILES string of the molecule is O=C(O)C1=CCC(C(=O)c2ccccc2)C=C1. The van der Waals surface area contributed by atoms with E-state index >= 15 is 0 Å². The number of ketones is 1. The highest BCUT2D eigenvalue weighted by Gasteiger charge is 2.20. The van der Waals surface area contributed by atoms with E-state index in [0.717, 1.165) is 0 Å². The van der Waals surface area contributed by atoms with Crippen LogP contribution < -0.4 is 0 Å². The number of carboxylic acid groups (broad SMARTS) is 1. The Bertz CT molecular complexity index is 497. The normalized spacial score (nSPS) is 18.6. The zero-order valence-corrected chi connectivity index (χ0v) is 9.17. The Morgan fingerprint density at radius 2 is 1.88 bits per heavy atom. The van der Waals surface area contributed by atoms with E-state index in [-0.39, 0.29) is 17.3 Å². The molecule has 0 fully saturated rings. The van der Waals surface area contributed by atoms with Gasteiger partial charge in [0.05, 0.1) is 5.57 Å². The van der Waals surface area contributed by atoms with Crippen molar-refractivity contribution in [1.82, 2.24) is 0 Å². The van der Waals surface area contributed by atoms with Gasteiger partial charge in [0.15, 0.2) is 5.78 Å². The van der Waals surface area contributed by atoms with Gasteiger partial charge in [-0.15, -0.1) is 0 Å². The molecule has 1 aliphatic rings. The van der Waals surface area contributed by atoms with Crippen LogP contribution in [0.15, 0.2) is 54.1 Å². The van der Waals surface area contributed by atoms with Crippen LogP contribution >= 0.6 is 0 Å². The van der Waals surface area contributed by atoms with Gasteiger partial charge < -0.3 is 5.11 Å². The molecule has 0 heterocycles. The van der Waals surface area contributed by atoms with Gasteiger partial charge in [-0.05, 0) is 6.42 Å². The van der Waals surface area contributed by atoms with Crippen LogP contribution in [0.3, 0.4) is 0 Å². The van der Waals surface area contributed by atoms with Gasteiger partial charge in [-0.2, -0.15) is 0 Å². The Balaban J connectivity index is 2.11. The fraction of sp³-hybridized carbons (Fsp3) is 0.143. The van der Waals surface area contributed by atoms with E-state index in [0.29, 0.717) is 12.0 Å². The van der Waals surface area contributed by atoms with Crippen molar-refractivity contribution in [2.75, 3.05) is 0 Å². The second-order valence-electron chi connectivity index (χ2n) is 3.90. The van der Waals surface area contributed by atoms with Crippen molar-refractivity contribution in [3.63, 3.8) is 0 Å². The number of aliphatic carboxylic acids is 1. The molecule has 17 heavy (non-hydrogen) atoms. The summed E-state index contributed by atoms with van der Waals surface area (Å²) in [6, 6.07) is 9.03. The largest absolute Gasteiger partial charge is 0.478 e. The number of hydrogen-bond acceptors (Lipinski definition) is 2. The maximum absolute atomic E-state index is 12.0. The molecule has 0 saturated heterocycles. The second kappa shape index (κ2) is 4.78. The van der Waals surface area contributed by atoms with Gasteiger partial charge in [-0.1, -0.05) is 48.6 Å². The third kappa shape index (κ3) is 2.50. The lowest BCUT2D eigenvalue weighted by Gasteiger charge is -2.13. The van der Waals surface area contributed by atoms with E-state index < -0.39 is 5.97 Å². The summed E-state index contributed by atoms with van der Waals surface area (Å²) in [6.07, 6.45) is 5.20. The Morgan fingerprint density at radius 3 is 2.41 bits per heavy atom. The van der Waals surface area contributed by atoms with Crippen molar-refractivity contribution in [2.24, 2.45) is 5.92 Å². The average molecular weight is 228 g/mol. The number of allylic oxidation sites excluding steroid dienone is 2. The predicted molar refractivity (Wildman–Crippen MR) is 63.7 cm³/mol. The number of rotatable bonds is 3. The van der Waals surface area contributed by atoms with Crippen LogP contribution in [-0.4, -0.2) is 16.9 Å². The maximum atomic E-state index is 12.0. The Morgan fingerprint density at radius 1 is 1.18 bits per heavy atom. The first-order valence-corrected chi connectivity index (χ1v) is 5.39. The third-order valence-electron chi connectivity index (χ3n) is 2.74. The van der Waals surface area contributed by atoms with E-state index in [1.165, 1.54) is 6.08 Å². The molecular formula is C14H12O3. The molecule has 0 aliphatic heterocycles. The number of Topliss-reactive ketones (excluding diaryl/α,β-unsaturated/α-hetero) is 1. The molecular weight excluding hydrogens is 216 g/mol. The number of carbonyl (C=O) groups is 2. The second-order valence-corrected chi connectivity index (χ2v) is 3.90. The summed E-state index contributed by atoms with van der Waals surface area (Å²) >= 11 is 0. The van der Waals surface area contributed by atoms with Crippen LogP contribution in [0, 0.1) is 5.92 Å². The highest BCUT2D eigenvalue weighted by Crippen LogP contribution is 2.20. The van der Waals surface area contributed by atoms with Gasteiger partial charge in [-0.3, -0.25) is 4.79 Å². The molecule has 86 valence electrons. The average Bonchev–Trinajstić information content (AvgIpc) is 2.39. The lowest BCUT2D eigenvalue weighted by molar-refractivity contribution is -0.132. The topological polar surface area (TPSA) is 54.4 Å². The minimum Gasteiger partial charge on any atom is -0.478 e. The predicted octanol–water partition coefficient (Wildman–Crippen LogP) is 2.46. The van der Waals surface area contributed by atoms with Gasteiger partial charge in [0.25, 0.3) is 0 Å². The van der Waals surface area contributed by atoms with Crippen molar-refractivity contribution in [3.8, 4) is 0 Å². The van der Waals surface area contributed by atoms with Gasteiger partial charge in [-0.25, -0.2) is 4.79 Å². The van der Waals surface area contributed by atoms with Crippen LogP contribution in [-0.2, 0) is 4.79 Å². The highest BCUT2D eigenvalue weighted by atomic mass is 16.4. The van der Waals surface area contributed by atoms with E-state index in [1.54, 1.807) is 24.3 Å². The number of hydrogen-bond donors (Lipinski definition) is 1. The summed E-state index contributed by atoms with van der Waals surface area (Å²) < 4.78 is 0. The molecule has 1 aromatic carbocycles. The first kappa shape index (κ1) is 11.3. The van der Waals surface area contributed by atoms with Crippen molar-refractivity contribution in [3.05, 3.63) is 59.7 Å². The van der Waals surface area contributed by atoms with Crippen molar-refractivity contribution in [2.45, 2.75) is 6.42 Å². The molecule has 1 unspecified atom stereocenters. The fourth-order valence-electron chi connectivity index (χ4n) is 1.79. The Hall–Kier alpha value is -2.16. The molecule has 1 atom stereocenters. The minimum atomic E-state index is -0.952. The molecule has 0 amide bonds. The molecule has 3 nitrogen and oxygen atoms in total. The third-order valence-corrected chi connectivity index (χ3v) is 2.74. The molecule has 0 aromatic heterocycles. The molecule has 1 aromatic rings. The van der Waals surface area contributed by atoms with Gasteiger partial charge in [0.2, 0.25) is 0 Å². The summed E-state index contributed by atoms with van der Waals surface area (Å²) in [5.74, 6) is -1.17. The zero-order chi connectivity index (χ0) is 12.3. The number of benzene rings is 1. The molecule has 0 radical (unpaired) electrons. The van der Waals surface area contributed by atoms with Crippen LogP contribution in [0.5, 0.6) is 0 Å². The molecule has 3 heteroatoms. The van der Waals surface area contributed by atoms with Crippen molar-refractivity contribution in [1.29, 1.82) is 0 Å². The van der Waals surface area contributed by atoms with Gasteiger partial charge in [0, 0.05) is 11.5 Å².